The van der Waals surface area contributed by atoms with Crippen LogP contribution in [0.5, 0.6) is 11.5 Å². The van der Waals surface area contributed by atoms with Gasteiger partial charge in [0.1, 0.15) is 5.76 Å². The van der Waals surface area contributed by atoms with Crippen molar-refractivity contribution in [1.29, 1.82) is 0 Å². The van der Waals surface area contributed by atoms with Crippen molar-refractivity contribution in [2.75, 3.05) is 40.4 Å². The maximum Gasteiger partial charge on any atom is 0.289 e. The molecule has 0 spiro atoms. The molecule has 174 valence electrons. The van der Waals surface area contributed by atoms with Crippen LogP contribution in [0, 0.1) is 0 Å². The van der Waals surface area contributed by atoms with Gasteiger partial charge in [-0.1, -0.05) is 23.7 Å². The zero-order valence-corrected chi connectivity index (χ0v) is 19.7. The standard InChI is InChI=1S/C23H23ClN2O6S/c1-30-20-8-7-16(15-22(20)31-2)33(28,29)26-13-11-25(12-14-26)23(27)21-10-9-19(32-21)17-5-3-4-6-18(17)24/h3-10,15H,11-14H2,1-2H3. The number of hydrogen-bond acceptors (Lipinski definition) is 6. The van der Waals surface area contributed by atoms with Crippen molar-refractivity contribution in [3.05, 3.63) is 65.4 Å². The maximum atomic E-state index is 13.1. The van der Waals surface area contributed by atoms with Gasteiger partial charge in [0.15, 0.2) is 17.3 Å². The number of carbonyl (C=O) groups excluding carboxylic acids is 1. The SMILES string of the molecule is COc1ccc(S(=O)(=O)N2CCN(C(=O)c3ccc(-c4ccccc4Cl)o3)CC2)cc1OC. The minimum Gasteiger partial charge on any atom is -0.493 e. The summed E-state index contributed by atoms with van der Waals surface area (Å²) >= 11 is 6.21. The highest BCUT2D eigenvalue weighted by atomic mass is 35.5. The third kappa shape index (κ3) is 4.57. The van der Waals surface area contributed by atoms with E-state index in [1.165, 1.54) is 30.7 Å². The highest BCUT2D eigenvalue weighted by molar-refractivity contribution is 7.89. The third-order valence-electron chi connectivity index (χ3n) is 5.47. The minimum absolute atomic E-state index is 0.107. The number of benzene rings is 2. The molecule has 4 rings (SSSR count). The lowest BCUT2D eigenvalue weighted by Gasteiger charge is -2.33. The van der Waals surface area contributed by atoms with Gasteiger partial charge >= 0.3 is 0 Å². The Hall–Kier alpha value is -3.01. The van der Waals surface area contributed by atoms with Gasteiger partial charge in [0, 0.05) is 37.8 Å². The van der Waals surface area contributed by atoms with Gasteiger partial charge in [0.05, 0.1) is 24.1 Å². The molecule has 8 nitrogen and oxygen atoms in total. The monoisotopic (exact) mass is 490 g/mol. The molecule has 0 saturated carbocycles. The fourth-order valence-electron chi connectivity index (χ4n) is 3.67. The van der Waals surface area contributed by atoms with Crippen LogP contribution in [0.15, 0.2) is 63.9 Å². The number of amides is 1. The Kier molecular flexibility index (Phi) is 6.64. The van der Waals surface area contributed by atoms with Crippen LogP contribution in [-0.4, -0.2) is 63.9 Å². The largest absolute Gasteiger partial charge is 0.493 e. The first-order chi connectivity index (χ1) is 15.8. The highest BCUT2D eigenvalue weighted by Crippen LogP contribution is 2.32. The predicted octanol–water partition coefficient (Wildman–Crippen LogP) is 3.76. The van der Waals surface area contributed by atoms with Gasteiger partial charge in [0.25, 0.3) is 5.91 Å². The van der Waals surface area contributed by atoms with E-state index in [1.807, 2.05) is 18.2 Å². The lowest BCUT2D eigenvalue weighted by Crippen LogP contribution is -2.50. The summed E-state index contributed by atoms with van der Waals surface area (Å²) in [5.41, 5.74) is 0.698. The molecule has 1 fully saturated rings. The Bertz CT molecular complexity index is 1270. The quantitative estimate of drug-likeness (QED) is 0.522. The van der Waals surface area contributed by atoms with Crippen molar-refractivity contribution in [3.63, 3.8) is 0 Å². The van der Waals surface area contributed by atoms with Crippen molar-refractivity contribution in [1.82, 2.24) is 9.21 Å². The van der Waals surface area contributed by atoms with E-state index in [0.29, 0.717) is 27.8 Å². The van der Waals surface area contributed by atoms with Crippen LogP contribution in [0.1, 0.15) is 10.6 Å². The number of piperazine rings is 1. The minimum atomic E-state index is -3.75. The first kappa shape index (κ1) is 23.2. The Labute approximate surface area is 197 Å². The van der Waals surface area contributed by atoms with Gasteiger partial charge in [-0.2, -0.15) is 4.31 Å². The molecule has 0 radical (unpaired) electrons. The van der Waals surface area contributed by atoms with Gasteiger partial charge in [0.2, 0.25) is 10.0 Å². The van der Waals surface area contributed by atoms with E-state index >= 15 is 0 Å². The second-order valence-corrected chi connectivity index (χ2v) is 9.70. The van der Waals surface area contributed by atoms with Crippen LogP contribution in [0.25, 0.3) is 11.3 Å². The van der Waals surface area contributed by atoms with Crippen LogP contribution in [0.3, 0.4) is 0 Å². The Balaban J connectivity index is 1.45. The number of ether oxygens (including phenoxy) is 2. The second kappa shape index (κ2) is 9.46. The van der Waals surface area contributed by atoms with Crippen molar-refractivity contribution in [2.24, 2.45) is 0 Å². The summed E-state index contributed by atoms with van der Waals surface area (Å²) in [4.78, 5) is 14.6. The number of rotatable bonds is 6. The fraction of sp³-hybridized carbons (Fsp3) is 0.261. The van der Waals surface area contributed by atoms with Gasteiger partial charge in [-0.25, -0.2) is 8.42 Å². The van der Waals surface area contributed by atoms with Gasteiger partial charge in [-0.05, 0) is 36.4 Å². The molecular weight excluding hydrogens is 468 g/mol. The molecule has 2 heterocycles. The Morgan fingerprint density at radius 3 is 2.30 bits per heavy atom. The predicted molar refractivity (Wildman–Crippen MR) is 123 cm³/mol. The molecule has 2 aromatic carbocycles. The molecule has 3 aromatic rings. The maximum absolute atomic E-state index is 13.1. The molecule has 1 aliphatic heterocycles. The van der Waals surface area contributed by atoms with Crippen molar-refractivity contribution >= 4 is 27.5 Å². The van der Waals surface area contributed by atoms with Crippen LogP contribution >= 0.6 is 11.6 Å². The average Bonchev–Trinajstić information content (AvgIpc) is 3.33. The molecule has 0 bridgehead atoms. The molecule has 1 saturated heterocycles. The third-order valence-corrected chi connectivity index (χ3v) is 7.70. The van der Waals surface area contributed by atoms with E-state index in [4.69, 9.17) is 25.5 Å². The molecule has 33 heavy (non-hydrogen) atoms. The van der Waals surface area contributed by atoms with Crippen molar-refractivity contribution in [2.45, 2.75) is 4.90 Å². The van der Waals surface area contributed by atoms with E-state index < -0.39 is 10.0 Å². The van der Waals surface area contributed by atoms with E-state index in [1.54, 1.807) is 29.2 Å². The number of halogens is 1. The summed E-state index contributed by atoms with van der Waals surface area (Å²) in [6, 6.07) is 15.0. The van der Waals surface area contributed by atoms with E-state index in [9.17, 15) is 13.2 Å². The Morgan fingerprint density at radius 2 is 1.64 bits per heavy atom. The van der Waals surface area contributed by atoms with Crippen molar-refractivity contribution in [3.8, 4) is 22.8 Å². The number of hydrogen-bond donors (Lipinski definition) is 0. The van der Waals surface area contributed by atoms with Gasteiger partial charge in [-0.15, -0.1) is 0 Å². The molecule has 0 N–H and O–H groups in total. The zero-order valence-electron chi connectivity index (χ0n) is 18.2. The lowest BCUT2D eigenvalue weighted by atomic mass is 10.2. The average molecular weight is 491 g/mol. The molecule has 1 aromatic heterocycles. The topological polar surface area (TPSA) is 89.3 Å². The summed E-state index contributed by atoms with van der Waals surface area (Å²) in [5, 5.41) is 0.528. The first-order valence-electron chi connectivity index (χ1n) is 10.2. The van der Waals surface area contributed by atoms with Crippen LogP contribution in [0.2, 0.25) is 5.02 Å². The summed E-state index contributed by atoms with van der Waals surface area (Å²) in [6.07, 6.45) is 0. The number of carbonyl (C=O) groups is 1. The van der Waals surface area contributed by atoms with Crippen molar-refractivity contribution < 1.29 is 27.1 Å². The van der Waals surface area contributed by atoms with E-state index in [2.05, 4.69) is 0 Å². The molecule has 10 heteroatoms. The zero-order chi connectivity index (χ0) is 23.6. The first-order valence-corrected chi connectivity index (χ1v) is 12.0. The number of furan rings is 1. The van der Waals surface area contributed by atoms with Crippen LogP contribution in [0.4, 0.5) is 0 Å². The van der Waals surface area contributed by atoms with E-state index in [-0.39, 0.29) is 42.7 Å². The summed E-state index contributed by atoms with van der Waals surface area (Å²) in [7, 11) is -0.815. The Morgan fingerprint density at radius 1 is 0.939 bits per heavy atom. The highest BCUT2D eigenvalue weighted by Gasteiger charge is 2.32. The summed E-state index contributed by atoms with van der Waals surface area (Å²) in [6.45, 7) is 0.821. The smallest absolute Gasteiger partial charge is 0.289 e. The second-order valence-electron chi connectivity index (χ2n) is 7.36. The number of sulfonamides is 1. The summed E-state index contributed by atoms with van der Waals surface area (Å²) < 4.78 is 43.7. The number of methoxy groups -OCH3 is 2. The van der Waals surface area contributed by atoms with E-state index in [0.717, 1.165) is 0 Å². The normalized spacial score (nSPS) is 14.8. The number of nitrogens with zero attached hydrogens (tertiary/aromatic N) is 2. The van der Waals surface area contributed by atoms with Crippen LogP contribution < -0.4 is 9.47 Å². The molecule has 0 unspecified atom stereocenters. The molecule has 1 amide bonds. The molecule has 0 aliphatic carbocycles. The van der Waals surface area contributed by atoms with Gasteiger partial charge in [-0.3, -0.25) is 4.79 Å². The van der Waals surface area contributed by atoms with Gasteiger partial charge < -0.3 is 18.8 Å². The lowest BCUT2D eigenvalue weighted by molar-refractivity contribution is 0.0667. The molecule has 0 atom stereocenters. The molecule has 1 aliphatic rings. The summed E-state index contributed by atoms with van der Waals surface area (Å²) in [5.74, 6) is 1.16. The van der Waals surface area contributed by atoms with Crippen LogP contribution in [-0.2, 0) is 10.0 Å². The fourth-order valence-corrected chi connectivity index (χ4v) is 5.34. The molecular formula is C23H23ClN2O6S.